The molecule has 1 aliphatic rings. The van der Waals surface area contributed by atoms with Crippen molar-refractivity contribution in [1.29, 1.82) is 5.26 Å². The van der Waals surface area contributed by atoms with Crippen LogP contribution in [0.5, 0.6) is 0 Å². The topological polar surface area (TPSA) is 30.3 Å². The summed E-state index contributed by atoms with van der Waals surface area (Å²) in [6, 6.07) is 5.68. The summed E-state index contributed by atoms with van der Waals surface area (Å²) in [4.78, 5) is 4.28. The zero-order chi connectivity index (χ0) is 15.6. The molecular formula is C15H18F3N3. The maximum atomic E-state index is 12.8. The Hall–Kier alpha value is -1.74. The Balaban J connectivity index is 2.35. The van der Waals surface area contributed by atoms with Crippen LogP contribution in [0.25, 0.3) is 0 Å². The number of nitrogens with zero attached hydrogens (tertiary/aromatic N) is 3. The SMILES string of the molecule is CC1CN(C)CCCN1c1ccc(C(F)(F)F)c(C#N)c1. The molecular weight excluding hydrogens is 279 g/mol. The highest BCUT2D eigenvalue weighted by Gasteiger charge is 2.34. The first-order chi connectivity index (χ1) is 9.82. The van der Waals surface area contributed by atoms with Gasteiger partial charge in [-0.1, -0.05) is 0 Å². The third-order valence-electron chi connectivity index (χ3n) is 3.81. The fraction of sp³-hybridized carbons (Fsp3) is 0.533. The van der Waals surface area contributed by atoms with E-state index in [-0.39, 0.29) is 11.6 Å². The van der Waals surface area contributed by atoms with Gasteiger partial charge in [0.05, 0.1) is 17.2 Å². The number of rotatable bonds is 1. The number of alkyl halides is 3. The predicted molar refractivity (Wildman–Crippen MR) is 75.1 cm³/mol. The van der Waals surface area contributed by atoms with Crippen molar-refractivity contribution in [3.8, 4) is 6.07 Å². The lowest BCUT2D eigenvalue weighted by Gasteiger charge is -2.30. The molecule has 0 bridgehead atoms. The second-order valence-corrected chi connectivity index (χ2v) is 5.50. The van der Waals surface area contributed by atoms with E-state index in [1.54, 1.807) is 6.07 Å². The van der Waals surface area contributed by atoms with Crippen LogP contribution in [-0.4, -0.2) is 37.6 Å². The van der Waals surface area contributed by atoms with Crippen molar-refractivity contribution in [1.82, 2.24) is 4.90 Å². The van der Waals surface area contributed by atoms with Gasteiger partial charge < -0.3 is 9.80 Å². The van der Waals surface area contributed by atoms with Gasteiger partial charge in [-0.2, -0.15) is 18.4 Å². The molecule has 1 saturated heterocycles. The summed E-state index contributed by atoms with van der Waals surface area (Å²) in [7, 11) is 2.04. The second kappa shape index (κ2) is 5.94. The van der Waals surface area contributed by atoms with E-state index in [2.05, 4.69) is 9.80 Å². The van der Waals surface area contributed by atoms with Crippen LogP contribution in [0, 0.1) is 11.3 Å². The Labute approximate surface area is 122 Å². The second-order valence-electron chi connectivity index (χ2n) is 5.50. The molecule has 1 atom stereocenters. The van der Waals surface area contributed by atoms with Gasteiger partial charge >= 0.3 is 6.18 Å². The van der Waals surface area contributed by atoms with Crippen LogP contribution in [0.15, 0.2) is 18.2 Å². The molecule has 0 amide bonds. The highest BCUT2D eigenvalue weighted by molar-refractivity contribution is 5.56. The number of likely N-dealkylation sites (N-methyl/N-ethyl adjacent to an activating group) is 1. The Morgan fingerprint density at radius 3 is 2.62 bits per heavy atom. The summed E-state index contributed by atoms with van der Waals surface area (Å²) in [5.41, 5.74) is -0.500. The number of halogens is 3. The highest BCUT2D eigenvalue weighted by atomic mass is 19.4. The van der Waals surface area contributed by atoms with Crippen LogP contribution in [0.1, 0.15) is 24.5 Å². The smallest absolute Gasteiger partial charge is 0.367 e. The van der Waals surface area contributed by atoms with Crippen molar-refractivity contribution in [2.24, 2.45) is 0 Å². The van der Waals surface area contributed by atoms with E-state index in [0.717, 1.165) is 32.1 Å². The van der Waals surface area contributed by atoms with Gasteiger partial charge in [-0.3, -0.25) is 0 Å². The van der Waals surface area contributed by atoms with Gasteiger partial charge in [0.25, 0.3) is 0 Å². The third kappa shape index (κ3) is 3.48. The van der Waals surface area contributed by atoms with Gasteiger partial charge in [0.2, 0.25) is 0 Å². The van der Waals surface area contributed by atoms with E-state index in [4.69, 9.17) is 5.26 Å². The summed E-state index contributed by atoms with van der Waals surface area (Å²) < 4.78 is 38.5. The Bertz CT molecular complexity index is 548. The maximum Gasteiger partial charge on any atom is 0.417 e. The van der Waals surface area contributed by atoms with Gasteiger partial charge in [-0.05, 0) is 45.1 Å². The lowest BCUT2D eigenvalue weighted by atomic mass is 10.1. The van der Waals surface area contributed by atoms with Gasteiger partial charge in [0, 0.05) is 24.8 Å². The van der Waals surface area contributed by atoms with Crippen molar-refractivity contribution < 1.29 is 13.2 Å². The predicted octanol–water partition coefficient (Wildman–Crippen LogP) is 3.11. The molecule has 114 valence electrons. The van der Waals surface area contributed by atoms with E-state index >= 15 is 0 Å². The Morgan fingerprint density at radius 2 is 2.00 bits per heavy atom. The van der Waals surface area contributed by atoms with E-state index in [1.165, 1.54) is 12.1 Å². The van der Waals surface area contributed by atoms with E-state index < -0.39 is 11.7 Å². The molecule has 2 rings (SSSR count). The minimum Gasteiger partial charge on any atom is -0.367 e. The molecule has 0 aromatic heterocycles. The lowest BCUT2D eigenvalue weighted by Crippen LogP contribution is -2.38. The van der Waals surface area contributed by atoms with Crippen LogP contribution in [0.3, 0.4) is 0 Å². The van der Waals surface area contributed by atoms with Crippen LogP contribution >= 0.6 is 0 Å². The molecule has 0 saturated carbocycles. The van der Waals surface area contributed by atoms with Gasteiger partial charge in [-0.25, -0.2) is 0 Å². The monoisotopic (exact) mass is 297 g/mol. The number of hydrogen-bond acceptors (Lipinski definition) is 3. The zero-order valence-corrected chi connectivity index (χ0v) is 12.1. The van der Waals surface area contributed by atoms with Crippen LogP contribution in [-0.2, 0) is 6.18 Å². The molecule has 21 heavy (non-hydrogen) atoms. The summed E-state index contributed by atoms with van der Waals surface area (Å²) in [6.07, 6.45) is -3.54. The molecule has 1 unspecified atom stereocenters. The Kier molecular flexibility index (Phi) is 4.43. The number of anilines is 1. The van der Waals surface area contributed by atoms with Crippen molar-refractivity contribution in [3.63, 3.8) is 0 Å². The number of nitriles is 1. The molecule has 3 nitrogen and oxygen atoms in total. The first-order valence-corrected chi connectivity index (χ1v) is 6.89. The van der Waals surface area contributed by atoms with Crippen molar-refractivity contribution in [3.05, 3.63) is 29.3 Å². The molecule has 1 aliphatic heterocycles. The van der Waals surface area contributed by atoms with Gasteiger partial charge in [0.1, 0.15) is 0 Å². The fourth-order valence-electron chi connectivity index (χ4n) is 2.81. The molecule has 1 aromatic carbocycles. The fourth-order valence-corrected chi connectivity index (χ4v) is 2.81. The van der Waals surface area contributed by atoms with Crippen LogP contribution < -0.4 is 4.90 Å². The molecule has 0 spiro atoms. The highest BCUT2D eigenvalue weighted by Crippen LogP contribution is 2.34. The average molecular weight is 297 g/mol. The molecule has 0 N–H and O–H groups in total. The minimum absolute atomic E-state index is 0.195. The van der Waals surface area contributed by atoms with E-state index in [1.807, 2.05) is 14.0 Å². The third-order valence-corrected chi connectivity index (χ3v) is 3.81. The van der Waals surface area contributed by atoms with Crippen LogP contribution in [0.2, 0.25) is 0 Å². The van der Waals surface area contributed by atoms with Gasteiger partial charge in [0.15, 0.2) is 0 Å². The summed E-state index contributed by atoms with van der Waals surface area (Å²) in [5.74, 6) is 0. The van der Waals surface area contributed by atoms with Crippen molar-refractivity contribution in [2.75, 3.05) is 31.6 Å². The largest absolute Gasteiger partial charge is 0.417 e. The molecule has 1 heterocycles. The molecule has 0 aliphatic carbocycles. The van der Waals surface area contributed by atoms with E-state index in [9.17, 15) is 13.2 Å². The maximum absolute atomic E-state index is 12.8. The van der Waals surface area contributed by atoms with Gasteiger partial charge in [-0.15, -0.1) is 0 Å². The minimum atomic E-state index is -4.49. The number of hydrogen-bond donors (Lipinski definition) is 0. The van der Waals surface area contributed by atoms with Crippen LogP contribution in [0.4, 0.5) is 18.9 Å². The van der Waals surface area contributed by atoms with Crippen molar-refractivity contribution >= 4 is 5.69 Å². The first-order valence-electron chi connectivity index (χ1n) is 6.89. The summed E-state index contributed by atoms with van der Waals surface area (Å²) >= 11 is 0. The molecule has 0 radical (unpaired) electrons. The number of benzene rings is 1. The Morgan fingerprint density at radius 1 is 1.29 bits per heavy atom. The first kappa shape index (κ1) is 15.6. The van der Waals surface area contributed by atoms with Crippen molar-refractivity contribution in [2.45, 2.75) is 25.6 Å². The molecule has 6 heteroatoms. The summed E-state index contributed by atoms with van der Waals surface area (Å²) in [5, 5.41) is 8.99. The summed E-state index contributed by atoms with van der Waals surface area (Å²) in [6.45, 7) is 4.64. The molecule has 1 fully saturated rings. The average Bonchev–Trinajstić information content (AvgIpc) is 2.57. The molecule has 1 aromatic rings. The quantitative estimate of drug-likeness (QED) is 0.798. The normalized spacial score (nSPS) is 21.0. The lowest BCUT2D eigenvalue weighted by molar-refractivity contribution is -0.137. The standard InChI is InChI=1S/C15H18F3N3/c1-11-10-20(2)6-3-7-21(11)13-4-5-14(15(16,17)18)12(8-13)9-19/h4-5,8,11H,3,6-7,10H2,1-2H3. The van der Waals surface area contributed by atoms with E-state index in [0.29, 0.717) is 5.69 Å². The zero-order valence-electron chi connectivity index (χ0n) is 12.1.